The Bertz CT molecular complexity index is 645. The molecule has 0 heterocycles. The molecule has 0 unspecified atom stereocenters. The molecule has 2 aromatic rings. The number of nitrogens with zero attached hydrogens (tertiary/aromatic N) is 1. The number of hydrogen-bond donors (Lipinski definition) is 2. The Morgan fingerprint density at radius 2 is 1.90 bits per heavy atom. The smallest absolute Gasteiger partial charge is 0.200 e. The van der Waals surface area contributed by atoms with Crippen LogP contribution in [0, 0.1) is 11.6 Å². The molecule has 0 aliphatic carbocycles. The van der Waals surface area contributed by atoms with Gasteiger partial charge in [-0.1, -0.05) is 35.5 Å². The second-order valence-corrected chi connectivity index (χ2v) is 3.98. The number of hydrogen-bond acceptors (Lipinski definition) is 3. The van der Waals surface area contributed by atoms with E-state index < -0.39 is 11.6 Å². The van der Waals surface area contributed by atoms with Crippen molar-refractivity contribution in [3.63, 3.8) is 0 Å². The van der Waals surface area contributed by atoms with Gasteiger partial charge in [-0.05, 0) is 12.1 Å². The lowest BCUT2D eigenvalue weighted by atomic mass is 10.1. The first-order valence-corrected chi connectivity index (χ1v) is 5.76. The average Bonchev–Trinajstić information content (AvgIpc) is 2.48. The molecular weight excluding hydrogens is 266 g/mol. The van der Waals surface area contributed by atoms with Gasteiger partial charge >= 0.3 is 0 Å². The molecule has 3 N–H and O–H groups in total. The third kappa shape index (κ3) is 2.85. The Kier molecular flexibility index (Phi) is 4.14. The van der Waals surface area contributed by atoms with E-state index in [1.165, 1.54) is 12.1 Å². The number of benzene rings is 2. The van der Waals surface area contributed by atoms with Crippen molar-refractivity contribution in [2.45, 2.75) is 6.61 Å². The van der Waals surface area contributed by atoms with Crippen LogP contribution in [0.3, 0.4) is 0 Å². The van der Waals surface area contributed by atoms with Crippen LogP contribution in [0.25, 0.3) is 0 Å². The Morgan fingerprint density at radius 3 is 2.65 bits per heavy atom. The topological polar surface area (TPSA) is 67.8 Å². The molecule has 0 saturated heterocycles. The van der Waals surface area contributed by atoms with E-state index in [-0.39, 0.29) is 18.2 Å². The van der Waals surface area contributed by atoms with E-state index >= 15 is 0 Å². The summed E-state index contributed by atoms with van der Waals surface area (Å²) >= 11 is 0. The van der Waals surface area contributed by atoms with E-state index in [4.69, 9.17) is 15.7 Å². The van der Waals surface area contributed by atoms with Gasteiger partial charge in [-0.25, -0.2) is 4.39 Å². The monoisotopic (exact) mass is 278 g/mol. The van der Waals surface area contributed by atoms with Gasteiger partial charge in [-0.3, -0.25) is 0 Å². The molecule has 0 atom stereocenters. The van der Waals surface area contributed by atoms with E-state index in [0.717, 1.165) is 6.07 Å². The standard InChI is InChI=1S/C14H12F2N2O2/c15-11-6-3-7-12(13(11)16)20-8-9-4-1-2-5-10(9)14(17)18-19/h1-7,19H,8H2,(H2,17,18). The van der Waals surface area contributed by atoms with E-state index in [0.29, 0.717) is 11.1 Å². The highest BCUT2D eigenvalue weighted by Crippen LogP contribution is 2.21. The van der Waals surface area contributed by atoms with Crippen molar-refractivity contribution in [2.24, 2.45) is 10.9 Å². The summed E-state index contributed by atoms with van der Waals surface area (Å²) < 4.78 is 31.7. The Morgan fingerprint density at radius 1 is 1.15 bits per heavy atom. The minimum atomic E-state index is -1.05. The summed E-state index contributed by atoms with van der Waals surface area (Å²) in [5.41, 5.74) is 6.58. The van der Waals surface area contributed by atoms with Crippen LogP contribution in [0.5, 0.6) is 5.75 Å². The van der Waals surface area contributed by atoms with Gasteiger partial charge in [0.05, 0.1) is 0 Å². The third-order valence-electron chi connectivity index (χ3n) is 2.70. The van der Waals surface area contributed by atoms with Crippen molar-refractivity contribution < 1.29 is 18.7 Å². The molecule has 20 heavy (non-hydrogen) atoms. The van der Waals surface area contributed by atoms with Crippen LogP contribution in [0.2, 0.25) is 0 Å². The lowest BCUT2D eigenvalue weighted by Crippen LogP contribution is -2.16. The number of amidine groups is 1. The van der Waals surface area contributed by atoms with Gasteiger partial charge in [0.2, 0.25) is 5.82 Å². The quantitative estimate of drug-likeness (QED) is 0.391. The largest absolute Gasteiger partial charge is 0.486 e. The van der Waals surface area contributed by atoms with Crippen LogP contribution in [-0.4, -0.2) is 11.0 Å². The summed E-state index contributed by atoms with van der Waals surface area (Å²) in [6.07, 6.45) is 0. The fraction of sp³-hybridized carbons (Fsp3) is 0.0714. The van der Waals surface area contributed by atoms with Gasteiger partial charge in [-0.2, -0.15) is 4.39 Å². The highest BCUT2D eigenvalue weighted by molar-refractivity contribution is 5.98. The molecule has 2 rings (SSSR count). The normalized spacial score (nSPS) is 11.4. The lowest BCUT2D eigenvalue weighted by molar-refractivity contribution is 0.284. The zero-order valence-corrected chi connectivity index (χ0v) is 10.4. The van der Waals surface area contributed by atoms with Crippen molar-refractivity contribution in [1.29, 1.82) is 0 Å². The SMILES string of the molecule is NC(=NO)c1ccccc1COc1cccc(F)c1F. The summed E-state index contributed by atoms with van der Waals surface area (Å²) in [4.78, 5) is 0. The summed E-state index contributed by atoms with van der Waals surface area (Å²) in [5, 5.41) is 11.6. The molecule has 0 bridgehead atoms. The van der Waals surface area contributed by atoms with Crippen molar-refractivity contribution in [1.82, 2.24) is 0 Å². The first-order valence-electron chi connectivity index (χ1n) is 5.76. The molecule has 4 nitrogen and oxygen atoms in total. The van der Waals surface area contributed by atoms with Crippen LogP contribution in [0.15, 0.2) is 47.6 Å². The minimum Gasteiger partial charge on any atom is -0.486 e. The summed E-state index contributed by atoms with van der Waals surface area (Å²) in [6, 6.07) is 10.4. The van der Waals surface area contributed by atoms with E-state index in [1.807, 2.05) is 0 Å². The zero-order chi connectivity index (χ0) is 14.5. The molecule has 0 aliphatic rings. The molecule has 0 fully saturated rings. The van der Waals surface area contributed by atoms with Gasteiger partial charge < -0.3 is 15.7 Å². The number of halogens is 2. The molecule has 0 amide bonds. The maximum atomic E-state index is 13.4. The summed E-state index contributed by atoms with van der Waals surface area (Å²) in [7, 11) is 0. The number of oxime groups is 1. The molecule has 0 spiro atoms. The van der Waals surface area contributed by atoms with Crippen LogP contribution in [0.4, 0.5) is 8.78 Å². The predicted molar refractivity (Wildman–Crippen MR) is 69.6 cm³/mol. The van der Waals surface area contributed by atoms with Gasteiger partial charge in [-0.15, -0.1) is 0 Å². The second-order valence-electron chi connectivity index (χ2n) is 3.98. The van der Waals surface area contributed by atoms with Gasteiger partial charge in [0, 0.05) is 11.1 Å². The van der Waals surface area contributed by atoms with Crippen LogP contribution in [0.1, 0.15) is 11.1 Å². The molecule has 104 valence electrons. The molecule has 2 aromatic carbocycles. The average molecular weight is 278 g/mol. The van der Waals surface area contributed by atoms with Gasteiger partial charge in [0.1, 0.15) is 6.61 Å². The van der Waals surface area contributed by atoms with Crippen LogP contribution < -0.4 is 10.5 Å². The van der Waals surface area contributed by atoms with Gasteiger partial charge in [0.25, 0.3) is 0 Å². The minimum absolute atomic E-state index is 0.0350. The molecule has 0 saturated carbocycles. The highest BCUT2D eigenvalue weighted by Gasteiger charge is 2.11. The Hall–Kier alpha value is -2.63. The van der Waals surface area contributed by atoms with Crippen LogP contribution in [-0.2, 0) is 6.61 Å². The highest BCUT2D eigenvalue weighted by atomic mass is 19.2. The fourth-order valence-corrected chi connectivity index (χ4v) is 1.70. The summed E-state index contributed by atoms with van der Waals surface area (Å²) in [6.45, 7) is -0.0350. The fourth-order valence-electron chi connectivity index (χ4n) is 1.70. The number of ether oxygens (including phenoxy) is 1. The first-order chi connectivity index (χ1) is 9.63. The van der Waals surface area contributed by atoms with Crippen molar-refractivity contribution in [3.05, 3.63) is 65.2 Å². The second kappa shape index (κ2) is 6.01. The van der Waals surface area contributed by atoms with E-state index in [9.17, 15) is 8.78 Å². The number of nitrogens with two attached hydrogens (primary N) is 1. The van der Waals surface area contributed by atoms with Crippen molar-refractivity contribution >= 4 is 5.84 Å². The van der Waals surface area contributed by atoms with E-state index in [1.54, 1.807) is 24.3 Å². The molecule has 0 aromatic heterocycles. The third-order valence-corrected chi connectivity index (χ3v) is 2.70. The maximum absolute atomic E-state index is 13.4. The van der Waals surface area contributed by atoms with Crippen LogP contribution >= 0.6 is 0 Å². The number of rotatable bonds is 4. The molecule has 6 heteroatoms. The van der Waals surface area contributed by atoms with Crippen molar-refractivity contribution in [3.8, 4) is 5.75 Å². The lowest BCUT2D eigenvalue weighted by Gasteiger charge is -2.10. The van der Waals surface area contributed by atoms with Crippen molar-refractivity contribution in [2.75, 3.05) is 0 Å². The molecule has 0 radical (unpaired) electrons. The van der Waals surface area contributed by atoms with Gasteiger partial charge in [0.15, 0.2) is 17.4 Å². The predicted octanol–water partition coefficient (Wildman–Crippen LogP) is 2.64. The summed E-state index contributed by atoms with van der Waals surface area (Å²) in [5.74, 6) is -2.30. The zero-order valence-electron chi connectivity index (χ0n) is 10.4. The Labute approximate surface area is 114 Å². The van der Waals surface area contributed by atoms with E-state index in [2.05, 4.69) is 5.16 Å². The molecule has 0 aliphatic heterocycles. The molecular formula is C14H12F2N2O2. The Balaban J connectivity index is 2.21. The first kappa shape index (κ1) is 13.8. The maximum Gasteiger partial charge on any atom is 0.200 e.